The first-order valence-corrected chi connectivity index (χ1v) is 5.16. The third-order valence-electron chi connectivity index (χ3n) is 2.85. The fourth-order valence-corrected chi connectivity index (χ4v) is 2.51. The summed E-state index contributed by atoms with van der Waals surface area (Å²) < 4.78 is 0. The van der Waals surface area contributed by atoms with E-state index in [2.05, 4.69) is 25.2 Å². The minimum absolute atomic E-state index is 0.514. The van der Waals surface area contributed by atoms with Crippen molar-refractivity contribution in [1.29, 1.82) is 0 Å². The van der Waals surface area contributed by atoms with Crippen LogP contribution in [0.25, 0.3) is 0 Å². The van der Waals surface area contributed by atoms with Crippen LogP contribution in [0.5, 0.6) is 0 Å². The molecule has 1 nitrogen and oxygen atoms in total. The summed E-state index contributed by atoms with van der Waals surface area (Å²) >= 11 is 6.17. The van der Waals surface area contributed by atoms with Crippen molar-refractivity contribution >= 4 is 17.3 Å². The van der Waals surface area contributed by atoms with Crippen molar-refractivity contribution in [2.75, 3.05) is 5.32 Å². The van der Waals surface area contributed by atoms with Gasteiger partial charge in [-0.05, 0) is 31.0 Å². The number of rotatable bonds is 1. The fraction of sp³-hybridized carbons (Fsp3) is 0.455. The van der Waals surface area contributed by atoms with E-state index in [9.17, 15) is 0 Å². The summed E-state index contributed by atoms with van der Waals surface area (Å²) in [6.07, 6.45) is 1.14. The Bertz CT molecular complexity index is 322. The Morgan fingerprint density at radius 2 is 2.23 bits per heavy atom. The number of hydrogen-bond acceptors (Lipinski definition) is 1. The maximum Gasteiger partial charge on any atom is 0.0462 e. The van der Waals surface area contributed by atoms with E-state index in [-0.39, 0.29) is 0 Å². The molecule has 13 heavy (non-hydrogen) atoms. The second-order valence-corrected chi connectivity index (χ2v) is 4.06. The van der Waals surface area contributed by atoms with Crippen LogP contribution in [0, 0.1) is 0 Å². The van der Waals surface area contributed by atoms with Gasteiger partial charge in [0.05, 0.1) is 0 Å². The SMILES string of the molecule is CCC1c2c(Cl)cccc2NC1C. The highest BCUT2D eigenvalue weighted by Crippen LogP contribution is 2.41. The Morgan fingerprint density at radius 1 is 1.46 bits per heavy atom. The van der Waals surface area contributed by atoms with Crippen LogP contribution in [0.15, 0.2) is 18.2 Å². The molecule has 0 radical (unpaired) electrons. The van der Waals surface area contributed by atoms with Crippen molar-refractivity contribution in [3.8, 4) is 0 Å². The van der Waals surface area contributed by atoms with Crippen LogP contribution in [0.4, 0.5) is 5.69 Å². The molecule has 0 saturated carbocycles. The molecular formula is C11H14ClN. The van der Waals surface area contributed by atoms with Crippen molar-refractivity contribution in [1.82, 2.24) is 0 Å². The number of halogens is 1. The standard InChI is InChI=1S/C11H14ClN/c1-3-8-7(2)13-10-6-4-5-9(12)11(8)10/h4-8,13H,3H2,1-2H3. The summed E-state index contributed by atoms with van der Waals surface area (Å²) in [5.74, 6) is 0.573. The van der Waals surface area contributed by atoms with Crippen LogP contribution in [0.3, 0.4) is 0 Å². The van der Waals surface area contributed by atoms with Gasteiger partial charge in [-0.25, -0.2) is 0 Å². The van der Waals surface area contributed by atoms with E-state index < -0.39 is 0 Å². The van der Waals surface area contributed by atoms with Crippen molar-refractivity contribution in [3.63, 3.8) is 0 Å². The number of nitrogens with one attached hydrogen (secondary N) is 1. The molecule has 2 unspecified atom stereocenters. The highest BCUT2D eigenvalue weighted by molar-refractivity contribution is 6.32. The molecular weight excluding hydrogens is 182 g/mol. The zero-order valence-corrected chi connectivity index (χ0v) is 8.73. The number of hydrogen-bond donors (Lipinski definition) is 1. The molecule has 0 saturated heterocycles. The van der Waals surface area contributed by atoms with E-state index in [1.165, 1.54) is 11.3 Å². The molecule has 0 bridgehead atoms. The lowest BCUT2D eigenvalue weighted by atomic mass is 9.93. The van der Waals surface area contributed by atoms with Gasteiger partial charge in [0.25, 0.3) is 0 Å². The summed E-state index contributed by atoms with van der Waals surface area (Å²) in [6, 6.07) is 6.59. The predicted octanol–water partition coefficient (Wildman–Crippen LogP) is 3.65. The fourth-order valence-electron chi connectivity index (χ4n) is 2.19. The first-order chi connectivity index (χ1) is 6.24. The van der Waals surface area contributed by atoms with Crippen LogP contribution < -0.4 is 5.32 Å². The second kappa shape index (κ2) is 3.22. The van der Waals surface area contributed by atoms with Gasteiger partial charge in [-0.1, -0.05) is 24.6 Å². The zero-order chi connectivity index (χ0) is 9.42. The van der Waals surface area contributed by atoms with Crippen LogP contribution >= 0.6 is 11.6 Å². The molecule has 1 N–H and O–H groups in total. The summed E-state index contributed by atoms with van der Waals surface area (Å²) in [5, 5.41) is 4.36. The van der Waals surface area contributed by atoms with E-state index in [0.717, 1.165) is 11.4 Å². The third-order valence-corrected chi connectivity index (χ3v) is 3.18. The highest BCUT2D eigenvalue weighted by Gasteiger charge is 2.28. The van der Waals surface area contributed by atoms with Crippen LogP contribution in [-0.2, 0) is 0 Å². The topological polar surface area (TPSA) is 12.0 Å². The average Bonchev–Trinajstić information content (AvgIpc) is 2.42. The van der Waals surface area contributed by atoms with E-state index in [0.29, 0.717) is 12.0 Å². The summed E-state index contributed by atoms with van der Waals surface area (Å²) in [6.45, 7) is 4.42. The van der Waals surface area contributed by atoms with Crippen molar-refractivity contribution in [2.24, 2.45) is 0 Å². The Kier molecular flexibility index (Phi) is 2.20. The molecule has 1 aromatic rings. The van der Waals surface area contributed by atoms with Crippen molar-refractivity contribution in [2.45, 2.75) is 32.2 Å². The molecule has 0 fully saturated rings. The average molecular weight is 196 g/mol. The maximum atomic E-state index is 6.17. The van der Waals surface area contributed by atoms with Gasteiger partial charge in [-0.2, -0.15) is 0 Å². The van der Waals surface area contributed by atoms with Gasteiger partial charge >= 0.3 is 0 Å². The molecule has 1 aliphatic heterocycles. The largest absolute Gasteiger partial charge is 0.382 e. The Morgan fingerprint density at radius 3 is 2.92 bits per heavy atom. The van der Waals surface area contributed by atoms with Crippen LogP contribution in [0.2, 0.25) is 5.02 Å². The summed E-state index contributed by atoms with van der Waals surface area (Å²) in [5.41, 5.74) is 2.52. The minimum Gasteiger partial charge on any atom is -0.382 e. The first kappa shape index (κ1) is 8.89. The smallest absolute Gasteiger partial charge is 0.0462 e. The molecule has 1 heterocycles. The zero-order valence-electron chi connectivity index (χ0n) is 7.97. The monoisotopic (exact) mass is 195 g/mol. The molecule has 2 atom stereocenters. The Balaban J connectivity index is 2.49. The van der Waals surface area contributed by atoms with Crippen LogP contribution in [0.1, 0.15) is 31.7 Å². The second-order valence-electron chi connectivity index (χ2n) is 3.65. The van der Waals surface area contributed by atoms with Gasteiger partial charge in [0.2, 0.25) is 0 Å². The van der Waals surface area contributed by atoms with Gasteiger partial charge in [0, 0.05) is 22.7 Å². The molecule has 0 aliphatic carbocycles. The lowest BCUT2D eigenvalue weighted by Gasteiger charge is -2.13. The number of anilines is 1. The van der Waals surface area contributed by atoms with Gasteiger partial charge in [0.1, 0.15) is 0 Å². The Labute approximate surface area is 84.1 Å². The highest BCUT2D eigenvalue weighted by atomic mass is 35.5. The molecule has 0 spiro atoms. The van der Waals surface area contributed by atoms with E-state index in [1.807, 2.05) is 12.1 Å². The molecule has 2 rings (SSSR count). The molecule has 1 aromatic carbocycles. The van der Waals surface area contributed by atoms with Gasteiger partial charge in [0.15, 0.2) is 0 Å². The van der Waals surface area contributed by atoms with Gasteiger partial charge in [-0.15, -0.1) is 0 Å². The third kappa shape index (κ3) is 1.31. The van der Waals surface area contributed by atoms with E-state index in [1.54, 1.807) is 0 Å². The lowest BCUT2D eigenvalue weighted by molar-refractivity contribution is 0.613. The molecule has 70 valence electrons. The van der Waals surface area contributed by atoms with Gasteiger partial charge < -0.3 is 5.32 Å². The Hall–Kier alpha value is -0.690. The molecule has 0 aromatic heterocycles. The number of fused-ring (bicyclic) bond motifs is 1. The maximum absolute atomic E-state index is 6.17. The summed E-state index contributed by atoms with van der Waals surface area (Å²) in [4.78, 5) is 0. The summed E-state index contributed by atoms with van der Waals surface area (Å²) in [7, 11) is 0. The first-order valence-electron chi connectivity index (χ1n) is 4.79. The normalized spacial score (nSPS) is 25.5. The lowest BCUT2D eigenvalue weighted by Crippen LogP contribution is -2.14. The van der Waals surface area contributed by atoms with Crippen molar-refractivity contribution < 1.29 is 0 Å². The molecule has 2 heteroatoms. The van der Waals surface area contributed by atoms with Crippen LogP contribution in [-0.4, -0.2) is 6.04 Å². The molecule has 0 amide bonds. The van der Waals surface area contributed by atoms with Crippen molar-refractivity contribution in [3.05, 3.63) is 28.8 Å². The quantitative estimate of drug-likeness (QED) is 0.722. The van der Waals surface area contributed by atoms with E-state index >= 15 is 0 Å². The van der Waals surface area contributed by atoms with Gasteiger partial charge in [-0.3, -0.25) is 0 Å². The predicted molar refractivity (Wildman–Crippen MR) is 57.6 cm³/mol. The number of benzene rings is 1. The molecule has 1 aliphatic rings. The minimum atomic E-state index is 0.514. The van der Waals surface area contributed by atoms with E-state index in [4.69, 9.17) is 11.6 Å².